The van der Waals surface area contributed by atoms with Crippen molar-refractivity contribution in [3.8, 4) is 28.7 Å². The van der Waals surface area contributed by atoms with Crippen molar-refractivity contribution in [2.75, 3.05) is 17.7 Å². The number of carbonyl (C=O) groups is 1. The molecule has 0 aliphatic heterocycles. The van der Waals surface area contributed by atoms with Gasteiger partial charge in [0.15, 0.2) is 5.82 Å². The third kappa shape index (κ3) is 7.25. The number of nitrogens with one attached hydrogen (secondary N) is 2. The number of rotatable bonds is 8. The summed E-state index contributed by atoms with van der Waals surface area (Å²) >= 11 is 0. The minimum Gasteiger partial charge on any atom is -0.467 e. The minimum atomic E-state index is -4.82. The van der Waals surface area contributed by atoms with Crippen LogP contribution in [-0.4, -0.2) is 65.0 Å². The van der Waals surface area contributed by atoms with E-state index in [9.17, 15) is 26.7 Å². The fourth-order valence-corrected chi connectivity index (χ4v) is 4.32. The summed E-state index contributed by atoms with van der Waals surface area (Å²) < 4.78 is 77.1. The third-order valence-electron chi connectivity index (χ3n) is 6.41. The van der Waals surface area contributed by atoms with Gasteiger partial charge in [0.25, 0.3) is 0 Å². The van der Waals surface area contributed by atoms with Crippen LogP contribution in [0.2, 0.25) is 0 Å². The maximum Gasteiger partial charge on any atom is 0.420 e. The Morgan fingerprint density at radius 3 is 2.33 bits per heavy atom. The fraction of sp³-hybridized carbons (Fsp3) is 0.360. The van der Waals surface area contributed by atoms with Crippen LogP contribution < -0.4 is 15.4 Å². The van der Waals surface area contributed by atoms with Gasteiger partial charge in [-0.2, -0.15) is 27.1 Å². The Hall–Kier alpha value is -5.03. The van der Waals surface area contributed by atoms with Gasteiger partial charge in [0.1, 0.15) is 23.1 Å². The van der Waals surface area contributed by atoms with Gasteiger partial charge in [-0.3, -0.25) is 10.3 Å². The van der Waals surface area contributed by atoms with E-state index in [0.717, 1.165) is 12.3 Å². The van der Waals surface area contributed by atoms with Crippen molar-refractivity contribution in [1.29, 1.82) is 0 Å². The zero-order valence-corrected chi connectivity index (χ0v) is 22.3. The number of alkyl halides is 5. The Bertz CT molecular complexity index is 1540. The predicted octanol–water partition coefficient (Wildman–Crippen LogP) is 4.98. The van der Waals surface area contributed by atoms with Crippen LogP contribution in [0, 0.1) is 0 Å². The molecule has 0 aromatic carbocycles. The summed E-state index contributed by atoms with van der Waals surface area (Å²) in [7, 11) is 1.45. The normalized spacial score (nSPS) is 17.0. The topological polar surface area (TPSA) is 155 Å². The van der Waals surface area contributed by atoms with Crippen LogP contribution in [0.5, 0.6) is 6.01 Å². The van der Waals surface area contributed by atoms with E-state index in [1.54, 1.807) is 0 Å². The molecular formula is C25H23F5N10O3. The van der Waals surface area contributed by atoms with Crippen LogP contribution in [0.15, 0.2) is 43.2 Å². The molecule has 0 radical (unpaired) electrons. The summed E-state index contributed by atoms with van der Waals surface area (Å²) in [5.41, 5.74) is -1.09. The number of hydrogen-bond donors (Lipinski definition) is 2. The van der Waals surface area contributed by atoms with Crippen LogP contribution in [-0.2, 0) is 10.9 Å². The van der Waals surface area contributed by atoms with Gasteiger partial charge in [-0.1, -0.05) is 0 Å². The highest BCUT2D eigenvalue weighted by molar-refractivity contribution is 5.83. The molecule has 4 aromatic heterocycles. The molecule has 5 rings (SSSR count). The van der Waals surface area contributed by atoms with Crippen molar-refractivity contribution < 1.29 is 36.2 Å². The number of anilines is 2. The van der Waals surface area contributed by atoms with Crippen LogP contribution in [0.4, 0.5) is 38.5 Å². The smallest absolute Gasteiger partial charge is 0.420 e. The SMILES string of the molecule is COc1ncc(-c2cnc(NC(=O)O[C@H]3CC[C@H](Nc4ncc(C(F)(F)F)c(-c5ccn(C(F)F)n5)n4)CC3)cn2)cn1. The molecule has 0 saturated heterocycles. The second kappa shape index (κ2) is 12.5. The first-order valence-electron chi connectivity index (χ1n) is 12.8. The largest absolute Gasteiger partial charge is 0.467 e. The molecule has 226 valence electrons. The number of nitrogens with zero attached hydrogens (tertiary/aromatic N) is 8. The molecule has 0 unspecified atom stereocenters. The zero-order chi connectivity index (χ0) is 30.6. The molecule has 0 spiro atoms. The second-order valence-electron chi connectivity index (χ2n) is 9.31. The van der Waals surface area contributed by atoms with Gasteiger partial charge in [-0.05, 0) is 31.7 Å². The molecule has 43 heavy (non-hydrogen) atoms. The summed E-state index contributed by atoms with van der Waals surface area (Å²) in [4.78, 5) is 36.5. The lowest BCUT2D eigenvalue weighted by Crippen LogP contribution is -2.32. The second-order valence-corrected chi connectivity index (χ2v) is 9.31. The first kappa shape index (κ1) is 29.5. The third-order valence-corrected chi connectivity index (χ3v) is 6.41. The highest BCUT2D eigenvalue weighted by Crippen LogP contribution is 2.36. The summed E-state index contributed by atoms with van der Waals surface area (Å²) in [5, 5.41) is 9.00. The lowest BCUT2D eigenvalue weighted by atomic mass is 9.93. The average molecular weight is 607 g/mol. The monoisotopic (exact) mass is 606 g/mol. The quantitative estimate of drug-likeness (QED) is 0.261. The fourth-order valence-electron chi connectivity index (χ4n) is 4.32. The van der Waals surface area contributed by atoms with Crippen LogP contribution in [0.1, 0.15) is 37.8 Å². The summed E-state index contributed by atoms with van der Waals surface area (Å²) in [5.74, 6) is 0.0621. The van der Waals surface area contributed by atoms with Gasteiger partial charge in [0, 0.05) is 36.4 Å². The summed E-state index contributed by atoms with van der Waals surface area (Å²) in [6, 6.07) is 1.01. The molecular weight excluding hydrogens is 583 g/mol. The molecule has 0 atom stereocenters. The first-order chi connectivity index (χ1) is 20.6. The van der Waals surface area contributed by atoms with Crippen molar-refractivity contribution in [2.45, 2.75) is 50.6 Å². The van der Waals surface area contributed by atoms with E-state index in [1.165, 1.54) is 31.9 Å². The Morgan fingerprint density at radius 2 is 1.72 bits per heavy atom. The highest BCUT2D eigenvalue weighted by Gasteiger charge is 2.36. The Labute approximate surface area is 239 Å². The average Bonchev–Trinajstić information content (AvgIpc) is 3.49. The molecule has 2 N–H and O–H groups in total. The standard InChI is InChI=1S/C25H23F5N10O3/c1-42-23-34-8-13(9-35-23)18-11-32-19(12-31-18)37-24(41)43-15-4-2-14(3-5-15)36-22-33-10-16(25(28,29)30)20(38-22)17-6-7-40(39-17)21(26)27/h6-12,14-15,21H,2-5H2,1H3,(H,32,37,41)(H,33,36,38)/t14-,15-. The molecule has 13 nitrogen and oxygen atoms in total. The lowest BCUT2D eigenvalue weighted by molar-refractivity contribution is -0.137. The number of methoxy groups -OCH3 is 1. The van der Waals surface area contributed by atoms with E-state index in [1.807, 2.05) is 0 Å². The molecule has 1 saturated carbocycles. The van der Waals surface area contributed by atoms with Crippen molar-refractivity contribution in [1.82, 2.24) is 39.7 Å². The summed E-state index contributed by atoms with van der Waals surface area (Å²) in [6.07, 6.45) is 3.26. The van der Waals surface area contributed by atoms with E-state index in [-0.39, 0.29) is 34.2 Å². The Balaban J connectivity index is 1.14. The zero-order valence-electron chi connectivity index (χ0n) is 22.3. The van der Waals surface area contributed by atoms with Crippen LogP contribution in [0.3, 0.4) is 0 Å². The van der Waals surface area contributed by atoms with Crippen molar-refractivity contribution in [3.05, 3.63) is 48.8 Å². The molecule has 4 aromatic rings. The minimum absolute atomic E-state index is 0.111. The van der Waals surface area contributed by atoms with Crippen LogP contribution in [0.25, 0.3) is 22.6 Å². The first-order valence-corrected chi connectivity index (χ1v) is 12.8. The van der Waals surface area contributed by atoms with Gasteiger partial charge in [-0.15, -0.1) is 0 Å². The molecule has 1 amide bonds. The predicted molar refractivity (Wildman–Crippen MR) is 139 cm³/mol. The Kier molecular flexibility index (Phi) is 8.53. The maximum atomic E-state index is 13.5. The molecule has 4 heterocycles. The molecule has 18 heteroatoms. The van der Waals surface area contributed by atoms with Crippen molar-refractivity contribution in [2.24, 2.45) is 0 Å². The van der Waals surface area contributed by atoms with Gasteiger partial charge < -0.3 is 14.8 Å². The van der Waals surface area contributed by atoms with E-state index >= 15 is 0 Å². The Morgan fingerprint density at radius 1 is 0.977 bits per heavy atom. The van der Waals surface area contributed by atoms with E-state index in [2.05, 4.69) is 45.6 Å². The van der Waals surface area contributed by atoms with E-state index in [0.29, 0.717) is 43.1 Å². The number of halogens is 5. The number of hydrogen-bond acceptors (Lipinski definition) is 11. The molecule has 1 aliphatic rings. The molecule has 1 aliphatic carbocycles. The number of ether oxygens (including phenoxy) is 2. The van der Waals surface area contributed by atoms with Gasteiger partial charge in [-0.25, -0.2) is 34.4 Å². The number of aromatic nitrogens is 8. The van der Waals surface area contributed by atoms with Gasteiger partial charge in [0.05, 0.1) is 25.2 Å². The van der Waals surface area contributed by atoms with Gasteiger partial charge >= 0.3 is 24.8 Å². The molecule has 0 bridgehead atoms. The van der Waals surface area contributed by atoms with Gasteiger partial charge in [0.2, 0.25) is 5.95 Å². The number of carbonyl (C=O) groups excluding carboxylic acids is 1. The maximum absolute atomic E-state index is 13.5. The van der Waals surface area contributed by atoms with E-state index in [4.69, 9.17) is 9.47 Å². The highest BCUT2D eigenvalue weighted by atomic mass is 19.4. The van der Waals surface area contributed by atoms with E-state index < -0.39 is 36.2 Å². The molecule has 1 fully saturated rings. The lowest BCUT2D eigenvalue weighted by Gasteiger charge is -2.29. The van der Waals surface area contributed by atoms with Crippen molar-refractivity contribution in [3.63, 3.8) is 0 Å². The number of amides is 1. The van der Waals surface area contributed by atoms with Crippen LogP contribution >= 0.6 is 0 Å². The summed E-state index contributed by atoms with van der Waals surface area (Å²) in [6.45, 7) is -3.02. The van der Waals surface area contributed by atoms with Crippen molar-refractivity contribution >= 4 is 17.9 Å².